The Kier molecular flexibility index (Phi) is 5.09. The van der Waals surface area contributed by atoms with Crippen LogP contribution in [0.3, 0.4) is 0 Å². The Balaban J connectivity index is 2.12. The average Bonchev–Trinajstić information content (AvgIpc) is 2.92. The summed E-state index contributed by atoms with van der Waals surface area (Å²) < 4.78 is 0. The van der Waals surface area contributed by atoms with E-state index in [1.807, 2.05) is 12.1 Å². The van der Waals surface area contributed by atoms with Crippen LogP contribution >= 0.6 is 11.6 Å². The van der Waals surface area contributed by atoms with Crippen LogP contribution in [-0.4, -0.2) is 36.9 Å². The molecule has 3 N–H and O–H groups in total. The third-order valence-corrected chi connectivity index (χ3v) is 3.54. The Hall–Kier alpha value is -1.46. The molecule has 1 atom stereocenters. The van der Waals surface area contributed by atoms with E-state index in [1.54, 1.807) is 13.0 Å². The number of carbonyl (C=O) groups is 1. The lowest BCUT2D eigenvalue weighted by Crippen LogP contribution is -2.38. The third-order valence-electron chi connectivity index (χ3n) is 3.30. The largest absolute Gasteiger partial charge is 0.394 e. The highest BCUT2D eigenvalue weighted by molar-refractivity contribution is 6.31. The second-order valence-electron chi connectivity index (χ2n) is 5.04. The molecule has 0 saturated carbocycles. The van der Waals surface area contributed by atoms with Gasteiger partial charge in [0.2, 0.25) is 0 Å². The quantitative estimate of drug-likeness (QED) is 0.800. The van der Waals surface area contributed by atoms with Crippen LogP contribution in [0, 0.1) is 0 Å². The van der Waals surface area contributed by atoms with Crippen molar-refractivity contribution >= 4 is 29.0 Å². The summed E-state index contributed by atoms with van der Waals surface area (Å²) in [5.74, 6) is 0. The summed E-state index contributed by atoms with van der Waals surface area (Å²) >= 11 is 6.01. The highest BCUT2D eigenvalue weighted by Crippen LogP contribution is 2.31. The van der Waals surface area contributed by atoms with E-state index < -0.39 is 0 Å². The lowest BCUT2D eigenvalue weighted by Gasteiger charge is -2.22. The molecule has 1 saturated heterocycles. The number of halogens is 1. The number of urea groups is 1. The maximum atomic E-state index is 11.9. The first-order valence-electron chi connectivity index (χ1n) is 6.83. The fourth-order valence-corrected chi connectivity index (χ4v) is 2.44. The van der Waals surface area contributed by atoms with E-state index in [9.17, 15) is 4.79 Å². The van der Waals surface area contributed by atoms with E-state index in [4.69, 9.17) is 16.7 Å². The fraction of sp³-hybridized carbons (Fsp3) is 0.500. The van der Waals surface area contributed by atoms with Gasteiger partial charge in [0.15, 0.2) is 0 Å². The fourth-order valence-electron chi connectivity index (χ4n) is 2.27. The standard InChI is InChI=1S/C14H20ClN3O2/c1-10(9-19)16-14(20)17-12-8-11(15)4-5-13(12)18-6-2-3-7-18/h4-5,8,10,19H,2-3,6-7,9H2,1H3,(H2,16,17,20)/t10-/m0/s1. The molecule has 0 bridgehead atoms. The molecular weight excluding hydrogens is 278 g/mol. The molecule has 0 unspecified atom stereocenters. The van der Waals surface area contributed by atoms with Crippen LogP contribution in [0.5, 0.6) is 0 Å². The van der Waals surface area contributed by atoms with E-state index >= 15 is 0 Å². The van der Waals surface area contributed by atoms with Gasteiger partial charge in [0.25, 0.3) is 0 Å². The van der Waals surface area contributed by atoms with Crippen molar-refractivity contribution in [2.45, 2.75) is 25.8 Å². The maximum Gasteiger partial charge on any atom is 0.319 e. The molecule has 1 heterocycles. The number of aliphatic hydroxyl groups excluding tert-OH is 1. The van der Waals surface area contributed by atoms with Crippen molar-refractivity contribution in [3.63, 3.8) is 0 Å². The number of hydrogen-bond acceptors (Lipinski definition) is 3. The van der Waals surface area contributed by atoms with Gasteiger partial charge in [-0.1, -0.05) is 11.6 Å². The van der Waals surface area contributed by atoms with E-state index in [2.05, 4.69) is 15.5 Å². The first kappa shape index (κ1) is 14.9. The molecule has 0 radical (unpaired) electrons. The lowest BCUT2D eigenvalue weighted by molar-refractivity contribution is 0.229. The topological polar surface area (TPSA) is 64.6 Å². The van der Waals surface area contributed by atoms with E-state index in [-0.39, 0.29) is 18.7 Å². The molecule has 6 heteroatoms. The zero-order valence-corrected chi connectivity index (χ0v) is 12.3. The van der Waals surface area contributed by atoms with Crippen molar-refractivity contribution in [2.75, 3.05) is 29.9 Å². The molecule has 110 valence electrons. The summed E-state index contributed by atoms with van der Waals surface area (Å²) in [6.45, 7) is 3.62. The third kappa shape index (κ3) is 3.77. The number of nitrogens with zero attached hydrogens (tertiary/aromatic N) is 1. The van der Waals surface area contributed by atoms with Gasteiger partial charge in [0.1, 0.15) is 0 Å². The monoisotopic (exact) mass is 297 g/mol. The van der Waals surface area contributed by atoms with Crippen LogP contribution in [-0.2, 0) is 0 Å². The Labute approximate surface area is 123 Å². The molecule has 0 aromatic heterocycles. The van der Waals surface area contributed by atoms with Crippen LogP contribution in [0.2, 0.25) is 5.02 Å². The Morgan fingerprint density at radius 2 is 2.15 bits per heavy atom. The van der Waals surface area contributed by atoms with Crippen LogP contribution < -0.4 is 15.5 Å². The number of amides is 2. The van der Waals surface area contributed by atoms with Gasteiger partial charge in [0.05, 0.1) is 24.0 Å². The molecule has 1 aromatic carbocycles. The molecule has 20 heavy (non-hydrogen) atoms. The van der Waals surface area contributed by atoms with Crippen molar-refractivity contribution in [3.05, 3.63) is 23.2 Å². The van der Waals surface area contributed by atoms with Crippen LogP contribution in [0.1, 0.15) is 19.8 Å². The van der Waals surface area contributed by atoms with Gasteiger partial charge in [0, 0.05) is 18.1 Å². The van der Waals surface area contributed by atoms with Gasteiger partial charge < -0.3 is 20.6 Å². The Bertz CT molecular complexity index is 475. The van der Waals surface area contributed by atoms with Crippen LogP contribution in [0.4, 0.5) is 16.2 Å². The number of anilines is 2. The predicted molar refractivity (Wildman–Crippen MR) is 81.6 cm³/mol. The van der Waals surface area contributed by atoms with Gasteiger partial charge in [-0.25, -0.2) is 4.79 Å². The molecule has 1 aliphatic rings. The van der Waals surface area contributed by atoms with Gasteiger partial charge in [-0.2, -0.15) is 0 Å². The van der Waals surface area contributed by atoms with Gasteiger partial charge >= 0.3 is 6.03 Å². The summed E-state index contributed by atoms with van der Waals surface area (Å²) in [7, 11) is 0. The zero-order valence-electron chi connectivity index (χ0n) is 11.5. The second kappa shape index (κ2) is 6.81. The molecule has 5 nitrogen and oxygen atoms in total. The smallest absolute Gasteiger partial charge is 0.319 e. The van der Waals surface area contributed by atoms with Gasteiger partial charge in [-0.3, -0.25) is 0 Å². The molecule has 1 aromatic rings. The highest BCUT2D eigenvalue weighted by Gasteiger charge is 2.17. The van der Waals surface area contributed by atoms with Crippen LogP contribution in [0.25, 0.3) is 0 Å². The minimum atomic E-state index is -0.339. The van der Waals surface area contributed by atoms with Gasteiger partial charge in [-0.15, -0.1) is 0 Å². The minimum absolute atomic E-state index is 0.0953. The molecular formula is C14H20ClN3O2. The lowest BCUT2D eigenvalue weighted by atomic mass is 10.2. The summed E-state index contributed by atoms with van der Waals surface area (Å²) in [5.41, 5.74) is 1.68. The van der Waals surface area contributed by atoms with Crippen molar-refractivity contribution < 1.29 is 9.90 Å². The molecule has 2 amide bonds. The second-order valence-corrected chi connectivity index (χ2v) is 5.47. The summed E-state index contributed by atoms with van der Waals surface area (Å²) in [6, 6.07) is 4.88. The van der Waals surface area contributed by atoms with Crippen molar-refractivity contribution in [1.82, 2.24) is 5.32 Å². The summed E-state index contributed by atoms with van der Waals surface area (Å²) in [4.78, 5) is 14.1. The number of hydrogen-bond donors (Lipinski definition) is 3. The van der Waals surface area contributed by atoms with E-state index in [1.165, 1.54) is 0 Å². The zero-order chi connectivity index (χ0) is 14.5. The molecule has 1 aliphatic heterocycles. The Morgan fingerprint density at radius 3 is 2.80 bits per heavy atom. The van der Waals surface area contributed by atoms with Crippen LogP contribution in [0.15, 0.2) is 18.2 Å². The first-order chi connectivity index (χ1) is 9.60. The van der Waals surface area contributed by atoms with Crippen molar-refractivity contribution in [1.29, 1.82) is 0 Å². The predicted octanol–water partition coefficient (Wildman–Crippen LogP) is 2.44. The van der Waals surface area contributed by atoms with Crippen molar-refractivity contribution in [2.24, 2.45) is 0 Å². The SMILES string of the molecule is C[C@@H](CO)NC(=O)Nc1cc(Cl)ccc1N1CCCC1. The number of benzene rings is 1. The van der Waals surface area contributed by atoms with Crippen molar-refractivity contribution in [3.8, 4) is 0 Å². The molecule has 1 fully saturated rings. The highest BCUT2D eigenvalue weighted by atomic mass is 35.5. The Morgan fingerprint density at radius 1 is 1.45 bits per heavy atom. The minimum Gasteiger partial charge on any atom is -0.394 e. The molecule has 0 spiro atoms. The first-order valence-corrected chi connectivity index (χ1v) is 7.21. The number of rotatable bonds is 4. The average molecular weight is 298 g/mol. The number of carbonyl (C=O) groups excluding carboxylic acids is 1. The van der Waals surface area contributed by atoms with E-state index in [0.29, 0.717) is 10.7 Å². The summed E-state index contributed by atoms with van der Waals surface area (Å²) in [5, 5.41) is 15.0. The normalized spacial score (nSPS) is 16.1. The molecule has 0 aliphatic carbocycles. The van der Waals surface area contributed by atoms with E-state index in [0.717, 1.165) is 31.6 Å². The summed E-state index contributed by atoms with van der Waals surface area (Å²) in [6.07, 6.45) is 2.33. The van der Waals surface area contributed by atoms with Gasteiger partial charge in [-0.05, 0) is 38.0 Å². The maximum absolute atomic E-state index is 11.9. The number of aliphatic hydroxyl groups is 1. The number of nitrogens with one attached hydrogen (secondary N) is 2. The molecule has 2 rings (SSSR count).